The average Bonchev–Trinajstić information content (AvgIpc) is 2.95. The Morgan fingerprint density at radius 2 is 1.45 bits per heavy atom. The first-order chi connectivity index (χ1) is 18.5. The van der Waals surface area contributed by atoms with Gasteiger partial charge in [0.1, 0.15) is 30.0 Å². The van der Waals surface area contributed by atoms with Crippen LogP contribution >= 0.6 is 0 Å². The van der Waals surface area contributed by atoms with Crippen LogP contribution in [-0.2, 0) is 11.4 Å². The summed E-state index contributed by atoms with van der Waals surface area (Å²) in [5.41, 5.74) is 3.18. The third-order valence-corrected chi connectivity index (χ3v) is 6.92. The van der Waals surface area contributed by atoms with Crippen molar-refractivity contribution in [2.24, 2.45) is 11.1 Å². The van der Waals surface area contributed by atoms with Crippen LogP contribution in [0, 0.1) is 22.5 Å². The molecule has 4 aromatic rings. The van der Waals surface area contributed by atoms with Crippen LogP contribution in [0.5, 0.6) is 5.75 Å². The molecule has 5 rings (SSSR count). The third-order valence-electron chi connectivity index (χ3n) is 6.92. The van der Waals surface area contributed by atoms with Crippen molar-refractivity contribution in [2.75, 3.05) is 4.90 Å². The predicted octanol–water partition coefficient (Wildman–Crippen LogP) is 7.54. The number of hydrogen-bond acceptors (Lipinski definition) is 4. The maximum absolute atomic E-state index is 13.6. The van der Waals surface area contributed by atoms with Gasteiger partial charge in [-0.1, -0.05) is 59.8 Å². The maximum Gasteiger partial charge on any atom is 0.233 e. The van der Waals surface area contributed by atoms with Gasteiger partial charge in [-0.25, -0.2) is 8.78 Å². The number of nitroso groups, excluding NO2 is 1. The van der Waals surface area contributed by atoms with E-state index in [9.17, 15) is 18.5 Å². The summed E-state index contributed by atoms with van der Waals surface area (Å²) in [4.78, 5) is 26.5. The molecule has 5 nitrogen and oxygen atoms in total. The van der Waals surface area contributed by atoms with E-state index in [0.29, 0.717) is 36.4 Å². The summed E-state index contributed by atoms with van der Waals surface area (Å²) in [6.07, 6.45) is 0.763. The van der Waals surface area contributed by atoms with E-state index in [1.54, 1.807) is 29.2 Å². The molecule has 0 aliphatic carbocycles. The summed E-state index contributed by atoms with van der Waals surface area (Å²) in [6.45, 7) is 0.440. The summed E-state index contributed by atoms with van der Waals surface area (Å²) in [5, 5.41) is 3.23. The molecule has 1 fully saturated rings. The van der Waals surface area contributed by atoms with E-state index in [4.69, 9.17) is 4.74 Å². The topological polar surface area (TPSA) is 59.0 Å². The van der Waals surface area contributed by atoms with Crippen molar-refractivity contribution in [1.82, 2.24) is 0 Å². The predicted molar refractivity (Wildman–Crippen MR) is 142 cm³/mol. The minimum Gasteiger partial charge on any atom is -0.489 e. The van der Waals surface area contributed by atoms with Crippen molar-refractivity contribution in [3.63, 3.8) is 0 Å². The van der Waals surface area contributed by atoms with Gasteiger partial charge in [0.2, 0.25) is 5.91 Å². The Balaban J connectivity index is 1.34. The lowest BCUT2D eigenvalue weighted by Gasteiger charge is -2.48. The van der Waals surface area contributed by atoms with Gasteiger partial charge in [-0.3, -0.25) is 4.79 Å². The quantitative estimate of drug-likeness (QED) is 0.163. The van der Waals surface area contributed by atoms with Crippen LogP contribution in [0.15, 0.2) is 108 Å². The van der Waals surface area contributed by atoms with Crippen LogP contribution in [0.4, 0.5) is 14.5 Å². The lowest BCUT2D eigenvalue weighted by atomic mass is 9.78. The fourth-order valence-electron chi connectivity index (χ4n) is 4.91. The summed E-state index contributed by atoms with van der Waals surface area (Å²) in [6, 6.07) is 28.0. The minimum atomic E-state index is -0.683. The van der Waals surface area contributed by atoms with E-state index in [0.717, 1.165) is 11.1 Å². The fraction of sp³-hybridized carbons (Fsp3) is 0.194. The SMILES string of the molecule is O=NC(CCC1C(=O)N(c2ccc(F)cc2)C1c1ccc(OCc2ccccc2)cc1)c1ccc(F)cc1. The first-order valence-corrected chi connectivity index (χ1v) is 12.5. The molecule has 0 bridgehead atoms. The third kappa shape index (κ3) is 5.47. The molecule has 4 aromatic carbocycles. The summed E-state index contributed by atoms with van der Waals surface area (Å²) >= 11 is 0. The van der Waals surface area contributed by atoms with E-state index < -0.39 is 11.9 Å². The zero-order valence-electron chi connectivity index (χ0n) is 20.5. The van der Waals surface area contributed by atoms with Gasteiger partial charge < -0.3 is 9.64 Å². The first-order valence-electron chi connectivity index (χ1n) is 12.5. The van der Waals surface area contributed by atoms with Crippen LogP contribution in [-0.4, -0.2) is 5.91 Å². The summed E-state index contributed by atoms with van der Waals surface area (Å²) in [7, 11) is 0. The molecule has 0 aromatic heterocycles. The molecule has 3 atom stereocenters. The Morgan fingerprint density at radius 1 is 0.816 bits per heavy atom. The highest BCUT2D eigenvalue weighted by Crippen LogP contribution is 2.46. The van der Waals surface area contributed by atoms with Gasteiger partial charge in [0, 0.05) is 5.69 Å². The Kier molecular flexibility index (Phi) is 7.54. The van der Waals surface area contributed by atoms with Gasteiger partial charge in [0.05, 0.1) is 12.0 Å². The van der Waals surface area contributed by atoms with Gasteiger partial charge in [-0.15, -0.1) is 0 Å². The lowest BCUT2D eigenvalue weighted by Crippen LogP contribution is -2.55. The van der Waals surface area contributed by atoms with Gasteiger partial charge in [-0.05, 0) is 78.1 Å². The number of halogens is 2. The Hall–Kier alpha value is -4.39. The Morgan fingerprint density at radius 3 is 2.08 bits per heavy atom. The number of ether oxygens (including phenoxy) is 1. The van der Waals surface area contributed by atoms with Gasteiger partial charge in [0.15, 0.2) is 0 Å². The van der Waals surface area contributed by atoms with E-state index in [-0.39, 0.29) is 23.7 Å². The molecule has 1 aliphatic rings. The largest absolute Gasteiger partial charge is 0.489 e. The number of amides is 1. The van der Waals surface area contributed by atoms with Crippen LogP contribution in [0.25, 0.3) is 0 Å². The van der Waals surface area contributed by atoms with Crippen molar-refractivity contribution < 1.29 is 18.3 Å². The number of carbonyl (C=O) groups is 1. The van der Waals surface area contributed by atoms with E-state index in [2.05, 4.69) is 5.18 Å². The molecule has 192 valence electrons. The minimum absolute atomic E-state index is 0.102. The highest BCUT2D eigenvalue weighted by molar-refractivity contribution is 6.03. The molecule has 0 saturated carbocycles. The van der Waals surface area contributed by atoms with Crippen molar-refractivity contribution in [3.05, 3.63) is 136 Å². The number of carbonyl (C=O) groups excluding carboxylic acids is 1. The maximum atomic E-state index is 13.6. The molecular weight excluding hydrogens is 486 g/mol. The molecule has 0 N–H and O–H groups in total. The standard InChI is InChI=1S/C31H26F2N2O3/c32-24-10-6-22(7-11-24)29(34-37)19-18-28-30(35(31(28)36)26-14-12-25(33)13-15-26)23-8-16-27(17-9-23)38-20-21-4-2-1-3-5-21/h1-17,28-30H,18-20H2. The Labute approximate surface area is 219 Å². The van der Waals surface area contributed by atoms with Gasteiger partial charge in [0.25, 0.3) is 0 Å². The monoisotopic (exact) mass is 512 g/mol. The van der Waals surface area contributed by atoms with E-state index >= 15 is 0 Å². The number of benzene rings is 4. The van der Waals surface area contributed by atoms with Crippen LogP contribution in [0.2, 0.25) is 0 Å². The summed E-state index contributed by atoms with van der Waals surface area (Å²) < 4.78 is 32.8. The highest BCUT2D eigenvalue weighted by atomic mass is 19.1. The second kappa shape index (κ2) is 11.3. The number of rotatable bonds is 10. The highest BCUT2D eigenvalue weighted by Gasteiger charge is 2.48. The number of hydrogen-bond donors (Lipinski definition) is 0. The normalized spacial score (nSPS) is 17.5. The molecule has 1 saturated heterocycles. The Bertz CT molecular complexity index is 1380. The molecule has 3 unspecified atom stereocenters. The molecule has 1 aliphatic heterocycles. The van der Waals surface area contributed by atoms with Gasteiger partial charge in [-0.2, -0.15) is 4.91 Å². The zero-order valence-corrected chi connectivity index (χ0v) is 20.5. The van der Waals surface area contributed by atoms with E-state index in [1.165, 1.54) is 24.3 Å². The van der Waals surface area contributed by atoms with Crippen LogP contribution < -0.4 is 9.64 Å². The van der Waals surface area contributed by atoms with Crippen LogP contribution in [0.3, 0.4) is 0 Å². The average molecular weight is 513 g/mol. The zero-order chi connectivity index (χ0) is 26.5. The number of nitrogens with zero attached hydrogens (tertiary/aromatic N) is 2. The van der Waals surface area contributed by atoms with Crippen molar-refractivity contribution in [1.29, 1.82) is 0 Å². The second-order valence-electron chi connectivity index (χ2n) is 9.33. The van der Waals surface area contributed by atoms with Gasteiger partial charge >= 0.3 is 0 Å². The molecule has 1 amide bonds. The van der Waals surface area contributed by atoms with Crippen molar-refractivity contribution >= 4 is 11.6 Å². The summed E-state index contributed by atoms with van der Waals surface area (Å²) in [5.74, 6) is -0.557. The number of anilines is 1. The van der Waals surface area contributed by atoms with Crippen LogP contribution in [0.1, 0.15) is 41.6 Å². The lowest BCUT2D eigenvalue weighted by molar-refractivity contribution is -0.130. The molecular formula is C31H26F2N2O3. The molecule has 1 heterocycles. The smallest absolute Gasteiger partial charge is 0.233 e. The fourth-order valence-corrected chi connectivity index (χ4v) is 4.91. The first kappa shape index (κ1) is 25.3. The molecule has 38 heavy (non-hydrogen) atoms. The number of β-lactam (4-membered cyclic amide) rings is 1. The van der Waals surface area contributed by atoms with Crippen molar-refractivity contribution in [3.8, 4) is 5.75 Å². The molecule has 7 heteroatoms. The van der Waals surface area contributed by atoms with E-state index in [1.807, 2.05) is 54.6 Å². The molecule has 0 radical (unpaired) electrons. The second-order valence-corrected chi connectivity index (χ2v) is 9.33. The molecule has 0 spiro atoms. The van der Waals surface area contributed by atoms with Crippen molar-refractivity contribution in [2.45, 2.75) is 31.5 Å².